The first-order chi connectivity index (χ1) is 7.56. The van der Waals surface area contributed by atoms with Crippen molar-refractivity contribution in [2.45, 2.75) is 32.3 Å². The fourth-order valence-electron chi connectivity index (χ4n) is 2.14. The van der Waals surface area contributed by atoms with Crippen LogP contribution in [0.2, 0.25) is 0 Å². The minimum absolute atomic E-state index is 0.237. The Kier molecular flexibility index (Phi) is 5.49. The normalized spacial score (nSPS) is 18.9. The van der Waals surface area contributed by atoms with Gasteiger partial charge in [-0.15, -0.1) is 0 Å². The molecule has 0 aromatic rings. The van der Waals surface area contributed by atoms with Crippen LogP contribution in [-0.2, 0) is 9.53 Å². The molecule has 16 heavy (non-hydrogen) atoms. The molecule has 0 aliphatic carbocycles. The summed E-state index contributed by atoms with van der Waals surface area (Å²) in [6.07, 6.45) is 5.50. The first kappa shape index (κ1) is 13.7. The molecular weight excluding hydrogens is 270 g/mol. The van der Waals surface area contributed by atoms with Crippen LogP contribution < -0.4 is 5.32 Å². The number of allylic oxidation sites excluding steroid dienone is 1. The van der Waals surface area contributed by atoms with Crippen LogP contribution in [0.1, 0.15) is 26.7 Å². The highest BCUT2D eigenvalue weighted by Crippen LogP contribution is 2.27. The Hall–Kier alpha value is -0.350. The topological polar surface area (TPSA) is 42.9 Å². The molecule has 3 nitrogen and oxygen atoms in total. The minimum Gasteiger partial charge on any atom is -0.456 e. The summed E-state index contributed by atoms with van der Waals surface area (Å²) in [5.41, 5.74) is -0.345. The van der Waals surface area contributed by atoms with E-state index in [1.807, 2.05) is 13.8 Å². The van der Waals surface area contributed by atoms with Gasteiger partial charge in [-0.2, -0.15) is 0 Å². The van der Waals surface area contributed by atoms with E-state index in [4.69, 9.17) is 4.74 Å². The monoisotopic (exact) mass is 290 g/mol. The summed E-state index contributed by atoms with van der Waals surface area (Å²) in [6, 6.07) is 0. The number of ether oxygens (including phenoxy) is 1. The zero-order valence-corrected chi connectivity index (χ0v) is 11.6. The molecule has 0 radical (unpaired) electrons. The third-order valence-electron chi connectivity index (χ3n) is 3.13. The van der Waals surface area contributed by atoms with Gasteiger partial charge in [0.05, 0.1) is 13.1 Å². The molecule has 0 aromatic heterocycles. The molecule has 4 heteroatoms. The van der Waals surface area contributed by atoms with Gasteiger partial charge >= 0.3 is 5.97 Å². The largest absolute Gasteiger partial charge is 0.456 e. The maximum absolute atomic E-state index is 11.5. The van der Waals surface area contributed by atoms with Crippen LogP contribution in [0.4, 0.5) is 0 Å². The average molecular weight is 291 g/mol. The van der Waals surface area contributed by atoms with Crippen molar-refractivity contribution in [2.24, 2.45) is 5.92 Å². The number of alkyl halides is 1. The van der Waals surface area contributed by atoms with Gasteiger partial charge in [-0.25, -0.2) is 4.79 Å². The second kappa shape index (κ2) is 6.40. The van der Waals surface area contributed by atoms with Crippen molar-refractivity contribution in [3.8, 4) is 0 Å². The molecule has 1 heterocycles. The van der Waals surface area contributed by atoms with Crippen LogP contribution in [0.25, 0.3) is 0 Å². The molecule has 0 atom stereocenters. The van der Waals surface area contributed by atoms with Crippen molar-refractivity contribution in [2.75, 3.05) is 18.4 Å². The third kappa shape index (κ3) is 4.26. The van der Waals surface area contributed by atoms with Gasteiger partial charge in [0.15, 0.2) is 0 Å². The van der Waals surface area contributed by atoms with Gasteiger partial charge in [0.1, 0.15) is 5.60 Å². The minimum atomic E-state index is -0.345. The molecular formula is C12H21BrNO2+. The number of esters is 1. The number of hydrogen-bond donors (Lipinski definition) is 1. The first-order valence-electron chi connectivity index (χ1n) is 5.83. The molecule has 0 aromatic carbocycles. The van der Waals surface area contributed by atoms with Gasteiger partial charge in [0, 0.05) is 30.2 Å². The van der Waals surface area contributed by atoms with E-state index in [0.29, 0.717) is 11.2 Å². The third-order valence-corrected chi connectivity index (χ3v) is 3.50. The van der Waals surface area contributed by atoms with Crippen LogP contribution >= 0.6 is 15.9 Å². The van der Waals surface area contributed by atoms with E-state index in [-0.39, 0.29) is 11.6 Å². The van der Waals surface area contributed by atoms with Gasteiger partial charge in [-0.05, 0) is 13.8 Å². The highest BCUT2D eigenvalue weighted by atomic mass is 79.9. The summed E-state index contributed by atoms with van der Waals surface area (Å²) in [4.78, 5) is 11.5. The number of carbonyl (C=O) groups excluding carboxylic acids is 1. The predicted molar refractivity (Wildman–Crippen MR) is 67.5 cm³/mol. The number of nitrogens with two attached hydrogens (primary N) is 1. The Labute approximate surface area is 106 Å². The second-order valence-corrected chi connectivity index (χ2v) is 5.37. The zero-order chi connectivity index (χ0) is 12.0. The fourth-order valence-corrected chi connectivity index (χ4v) is 2.33. The van der Waals surface area contributed by atoms with Crippen LogP contribution in [0.5, 0.6) is 0 Å². The lowest BCUT2D eigenvalue weighted by Crippen LogP contribution is -2.86. The number of rotatable bonds is 4. The van der Waals surface area contributed by atoms with Crippen LogP contribution in [-0.4, -0.2) is 30.0 Å². The van der Waals surface area contributed by atoms with Crippen molar-refractivity contribution in [3.63, 3.8) is 0 Å². The number of halogens is 1. The Bertz CT molecular complexity index is 258. The predicted octanol–water partition coefficient (Wildman–Crippen LogP) is 1.23. The van der Waals surface area contributed by atoms with Crippen molar-refractivity contribution in [1.29, 1.82) is 0 Å². The molecule has 0 saturated carbocycles. The highest BCUT2D eigenvalue weighted by Gasteiger charge is 2.34. The molecule has 0 bridgehead atoms. The molecule has 0 unspecified atom stereocenters. The lowest BCUT2D eigenvalue weighted by molar-refractivity contribution is -0.665. The Morgan fingerprint density at radius 2 is 2.12 bits per heavy atom. The average Bonchev–Trinajstić information content (AvgIpc) is 2.27. The molecule has 1 saturated heterocycles. The van der Waals surface area contributed by atoms with Crippen LogP contribution in [0, 0.1) is 5.92 Å². The van der Waals surface area contributed by atoms with E-state index in [0.717, 1.165) is 25.9 Å². The van der Waals surface area contributed by atoms with E-state index in [9.17, 15) is 4.79 Å². The number of quaternary nitrogens is 1. The van der Waals surface area contributed by atoms with Crippen LogP contribution in [0.3, 0.4) is 0 Å². The summed E-state index contributed by atoms with van der Waals surface area (Å²) < 4.78 is 5.52. The van der Waals surface area contributed by atoms with Crippen molar-refractivity contribution in [1.82, 2.24) is 0 Å². The van der Waals surface area contributed by atoms with E-state index in [1.54, 1.807) is 6.08 Å². The van der Waals surface area contributed by atoms with Gasteiger partial charge in [0.2, 0.25) is 0 Å². The highest BCUT2D eigenvalue weighted by molar-refractivity contribution is 9.09. The Morgan fingerprint density at radius 1 is 1.50 bits per heavy atom. The molecule has 1 fully saturated rings. The molecule has 1 aliphatic heterocycles. The molecule has 0 spiro atoms. The number of hydrogen-bond acceptors (Lipinski definition) is 2. The molecule has 92 valence electrons. The maximum atomic E-state index is 11.5. The summed E-state index contributed by atoms with van der Waals surface area (Å²) in [5.74, 6) is 0.248. The molecule has 2 N–H and O–H groups in total. The van der Waals surface area contributed by atoms with Crippen molar-refractivity contribution in [3.05, 3.63) is 12.2 Å². The zero-order valence-electron chi connectivity index (χ0n) is 10.0. The summed E-state index contributed by atoms with van der Waals surface area (Å²) >= 11 is 3.24. The van der Waals surface area contributed by atoms with E-state index < -0.39 is 0 Å². The Balaban J connectivity index is 2.48. The number of carbonyl (C=O) groups is 1. The lowest BCUT2D eigenvalue weighted by Gasteiger charge is -2.35. The van der Waals surface area contributed by atoms with Crippen molar-refractivity contribution >= 4 is 21.9 Å². The first-order valence-corrected chi connectivity index (χ1v) is 6.95. The molecule has 1 aliphatic rings. The fraction of sp³-hybridized carbons (Fsp3) is 0.750. The maximum Gasteiger partial charge on any atom is 0.330 e. The summed E-state index contributed by atoms with van der Waals surface area (Å²) in [6.45, 7) is 6.32. The van der Waals surface area contributed by atoms with Crippen LogP contribution in [0.15, 0.2) is 12.2 Å². The van der Waals surface area contributed by atoms with Gasteiger partial charge < -0.3 is 10.1 Å². The van der Waals surface area contributed by atoms with Gasteiger partial charge in [0.25, 0.3) is 0 Å². The summed E-state index contributed by atoms with van der Waals surface area (Å²) in [7, 11) is 0. The van der Waals surface area contributed by atoms with Gasteiger partial charge in [-0.1, -0.05) is 22.0 Å². The second-order valence-electron chi connectivity index (χ2n) is 4.72. The van der Waals surface area contributed by atoms with Crippen molar-refractivity contribution < 1.29 is 14.8 Å². The van der Waals surface area contributed by atoms with Gasteiger partial charge in [-0.3, -0.25) is 0 Å². The van der Waals surface area contributed by atoms with E-state index in [2.05, 4.69) is 21.2 Å². The molecule has 0 amide bonds. The number of piperidine rings is 1. The quantitative estimate of drug-likeness (QED) is 0.481. The molecule has 1 rings (SSSR count). The van der Waals surface area contributed by atoms with E-state index >= 15 is 0 Å². The SMILES string of the molecule is CC(C)(OC(=O)/C=C\CBr)C1CC[NH2+]CC1. The standard InChI is InChI=1S/C12H20BrNO2/c1-12(2,10-5-8-14-9-6-10)16-11(15)4-3-7-13/h3-4,10,14H,5-9H2,1-2H3/p+1/b4-3-. The lowest BCUT2D eigenvalue weighted by atomic mass is 9.83. The smallest absolute Gasteiger partial charge is 0.330 e. The Morgan fingerprint density at radius 3 is 2.69 bits per heavy atom. The van der Waals surface area contributed by atoms with E-state index in [1.165, 1.54) is 6.08 Å². The summed E-state index contributed by atoms with van der Waals surface area (Å²) in [5, 5.41) is 3.00.